The summed E-state index contributed by atoms with van der Waals surface area (Å²) in [5, 5.41) is 5.28. The molecule has 8 heteroatoms. The third kappa shape index (κ3) is 4.04. The largest absolute Gasteiger partial charge is 0.489 e. The topological polar surface area (TPSA) is 61.1 Å². The Morgan fingerprint density at radius 1 is 1.22 bits per heavy atom. The van der Waals surface area contributed by atoms with Crippen molar-refractivity contribution >= 4 is 45.2 Å². The van der Waals surface area contributed by atoms with E-state index in [0.29, 0.717) is 23.2 Å². The first-order valence-electron chi connectivity index (χ1n) is 10.5. The van der Waals surface area contributed by atoms with Gasteiger partial charge in [0.1, 0.15) is 23.8 Å². The van der Waals surface area contributed by atoms with Gasteiger partial charge < -0.3 is 14.6 Å². The first kappa shape index (κ1) is 21.5. The lowest BCUT2D eigenvalue weighted by molar-refractivity contribution is 0.305. The van der Waals surface area contributed by atoms with Gasteiger partial charge in [0.15, 0.2) is 0 Å². The number of halogens is 2. The number of aryl methyl sites for hydroxylation is 1. The van der Waals surface area contributed by atoms with Gasteiger partial charge in [-0.3, -0.25) is 9.36 Å². The number of fused-ring (bicyclic) bond motifs is 3. The standard InChI is InChI=1S/C24H22ClIN4O2/c1-29-21-3-2-9-27-13-19(21)18-6-7-22(28-24(18)29)30-10-8-17(12-23(30)31)32-14-15-4-5-16(26)11-20(15)25/h4-8,10-12,27H,2-3,9,13-14H2,1H3. The molecule has 0 radical (unpaired) electrons. The summed E-state index contributed by atoms with van der Waals surface area (Å²) in [6.45, 7) is 2.18. The molecule has 1 aromatic carbocycles. The van der Waals surface area contributed by atoms with E-state index in [-0.39, 0.29) is 5.56 Å². The SMILES string of the molecule is Cn1c2c(c3ccc(-n4ccc(OCc5ccc(I)cc5Cl)cc4=O)nc31)CNCCC2. The summed E-state index contributed by atoms with van der Waals surface area (Å²) in [6, 6.07) is 13.0. The van der Waals surface area contributed by atoms with E-state index in [4.69, 9.17) is 21.3 Å². The van der Waals surface area contributed by atoms with Crippen molar-refractivity contribution in [2.24, 2.45) is 7.05 Å². The molecular formula is C24H22ClIN4O2. The van der Waals surface area contributed by atoms with Crippen LogP contribution in [0.15, 0.2) is 53.5 Å². The second-order valence-corrected chi connectivity index (χ2v) is 9.55. The molecule has 4 heterocycles. The van der Waals surface area contributed by atoms with E-state index >= 15 is 0 Å². The number of nitrogens with one attached hydrogen (secondary N) is 1. The van der Waals surface area contributed by atoms with Gasteiger partial charge in [-0.2, -0.15) is 0 Å². The van der Waals surface area contributed by atoms with Gasteiger partial charge in [-0.15, -0.1) is 0 Å². The number of hydrogen-bond acceptors (Lipinski definition) is 4. The lowest BCUT2D eigenvalue weighted by Crippen LogP contribution is -2.18. The van der Waals surface area contributed by atoms with E-state index < -0.39 is 0 Å². The summed E-state index contributed by atoms with van der Waals surface area (Å²) in [4.78, 5) is 17.6. The van der Waals surface area contributed by atoms with Crippen molar-refractivity contribution in [2.75, 3.05) is 6.54 Å². The predicted octanol–water partition coefficient (Wildman–Crippen LogP) is 4.60. The minimum Gasteiger partial charge on any atom is -0.489 e. The maximum absolute atomic E-state index is 12.8. The molecule has 0 amide bonds. The molecule has 5 rings (SSSR count). The summed E-state index contributed by atoms with van der Waals surface area (Å²) < 4.78 is 10.6. The highest BCUT2D eigenvalue weighted by molar-refractivity contribution is 14.1. The summed E-state index contributed by atoms with van der Waals surface area (Å²) in [7, 11) is 2.05. The zero-order valence-corrected chi connectivity index (χ0v) is 20.5. The van der Waals surface area contributed by atoms with Crippen LogP contribution < -0.4 is 15.6 Å². The lowest BCUT2D eigenvalue weighted by Gasteiger charge is -2.10. The number of aromatic nitrogens is 3. The molecule has 0 aliphatic carbocycles. The van der Waals surface area contributed by atoms with E-state index in [0.717, 1.165) is 46.1 Å². The molecule has 0 spiro atoms. The van der Waals surface area contributed by atoms with Crippen molar-refractivity contribution in [3.05, 3.63) is 84.4 Å². The zero-order valence-electron chi connectivity index (χ0n) is 17.6. The molecule has 1 N–H and O–H groups in total. The van der Waals surface area contributed by atoms with E-state index in [2.05, 4.69) is 45.6 Å². The van der Waals surface area contributed by atoms with Crippen molar-refractivity contribution in [2.45, 2.75) is 26.0 Å². The molecule has 0 unspecified atom stereocenters. The zero-order chi connectivity index (χ0) is 22.2. The summed E-state index contributed by atoms with van der Waals surface area (Å²) >= 11 is 8.49. The fraction of sp³-hybridized carbons (Fsp3) is 0.250. The van der Waals surface area contributed by atoms with Gasteiger partial charge in [-0.25, -0.2) is 4.98 Å². The van der Waals surface area contributed by atoms with Crippen LogP contribution in [0.3, 0.4) is 0 Å². The molecule has 6 nitrogen and oxygen atoms in total. The molecule has 1 aliphatic rings. The monoisotopic (exact) mass is 560 g/mol. The van der Waals surface area contributed by atoms with Crippen LogP contribution in [0.2, 0.25) is 5.02 Å². The van der Waals surface area contributed by atoms with Crippen LogP contribution in [0.25, 0.3) is 16.9 Å². The Bertz CT molecular complexity index is 1380. The van der Waals surface area contributed by atoms with Crippen LogP contribution in [0, 0.1) is 3.57 Å². The van der Waals surface area contributed by atoms with E-state index in [1.54, 1.807) is 16.8 Å². The number of pyridine rings is 2. The number of rotatable bonds is 4. The minimum atomic E-state index is -0.194. The van der Waals surface area contributed by atoms with Gasteiger partial charge in [0.05, 0.1) is 0 Å². The quantitative estimate of drug-likeness (QED) is 0.371. The Kier molecular flexibility index (Phi) is 5.96. The van der Waals surface area contributed by atoms with Gasteiger partial charge in [0.2, 0.25) is 0 Å². The summed E-state index contributed by atoms with van der Waals surface area (Å²) in [6.07, 6.45) is 3.84. The van der Waals surface area contributed by atoms with Gasteiger partial charge in [0, 0.05) is 51.1 Å². The Hall–Kier alpha value is -2.36. The molecule has 0 fully saturated rings. The maximum Gasteiger partial charge on any atom is 0.259 e. The highest BCUT2D eigenvalue weighted by atomic mass is 127. The van der Waals surface area contributed by atoms with Crippen molar-refractivity contribution in [3.8, 4) is 11.6 Å². The van der Waals surface area contributed by atoms with Crippen molar-refractivity contribution in [1.82, 2.24) is 19.4 Å². The number of ether oxygens (including phenoxy) is 1. The van der Waals surface area contributed by atoms with E-state index in [9.17, 15) is 4.79 Å². The first-order chi connectivity index (χ1) is 15.5. The van der Waals surface area contributed by atoms with Gasteiger partial charge in [0.25, 0.3) is 5.56 Å². The fourth-order valence-electron chi connectivity index (χ4n) is 4.20. The molecule has 0 saturated carbocycles. The molecule has 3 aromatic heterocycles. The lowest BCUT2D eigenvalue weighted by atomic mass is 10.1. The van der Waals surface area contributed by atoms with E-state index in [1.165, 1.54) is 17.3 Å². The minimum absolute atomic E-state index is 0.194. The highest BCUT2D eigenvalue weighted by Crippen LogP contribution is 2.27. The van der Waals surface area contributed by atoms with Crippen molar-refractivity contribution in [3.63, 3.8) is 0 Å². The fourth-order valence-corrected chi connectivity index (χ4v) is 5.11. The van der Waals surface area contributed by atoms with Crippen LogP contribution >= 0.6 is 34.2 Å². The molecule has 32 heavy (non-hydrogen) atoms. The first-order valence-corrected chi connectivity index (χ1v) is 11.9. The Morgan fingerprint density at radius 3 is 2.91 bits per heavy atom. The molecule has 0 saturated heterocycles. The Labute approximate surface area is 204 Å². The van der Waals surface area contributed by atoms with Crippen LogP contribution in [-0.4, -0.2) is 20.7 Å². The number of nitrogens with zero attached hydrogens (tertiary/aromatic N) is 3. The Morgan fingerprint density at radius 2 is 2.09 bits per heavy atom. The third-order valence-electron chi connectivity index (χ3n) is 5.87. The van der Waals surface area contributed by atoms with Gasteiger partial charge >= 0.3 is 0 Å². The molecule has 4 aromatic rings. The van der Waals surface area contributed by atoms with Crippen LogP contribution in [0.5, 0.6) is 5.75 Å². The number of benzene rings is 1. The van der Waals surface area contributed by atoms with Crippen molar-refractivity contribution < 1.29 is 4.74 Å². The molecular weight excluding hydrogens is 539 g/mol. The van der Waals surface area contributed by atoms with E-state index in [1.807, 2.05) is 24.3 Å². The highest BCUT2D eigenvalue weighted by Gasteiger charge is 2.18. The Balaban J connectivity index is 1.42. The predicted molar refractivity (Wildman–Crippen MR) is 135 cm³/mol. The summed E-state index contributed by atoms with van der Waals surface area (Å²) in [5.74, 6) is 1.09. The average molecular weight is 561 g/mol. The second kappa shape index (κ2) is 8.88. The van der Waals surface area contributed by atoms with Crippen molar-refractivity contribution in [1.29, 1.82) is 0 Å². The van der Waals surface area contributed by atoms with Gasteiger partial charge in [-0.05, 0) is 77.9 Å². The van der Waals surface area contributed by atoms with Crippen LogP contribution in [-0.2, 0) is 26.6 Å². The molecule has 0 bridgehead atoms. The number of hydrogen-bond donors (Lipinski definition) is 1. The molecule has 164 valence electrons. The van der Waals surface area contributed by atoms with Gasteiger partial charge in [-0.1, -0.05) is 17.7 Å². The maximum atomic E-state index is 12.8. The smallest absolute Gasteiger partial charge is 0.259 e. The molecule has 0 atom stereocenters. The van der Waals surface area contributed by atoms with Crippen LogP contribution in [0.1, 0.15) is 23.2 Å². The molecule has 1 aliphatic heterocycles. The second-order valence-electron chi connectivity index (χ2n) is 7.90. The summed E-state index contributed by atoms with van der Waals surface area (Å²) in [5.41, 5.74) is 4.21. The average Bonchev–Trinajstić information content (AvgIpc) is 2.93. The normalized spacial score (nSPS) is 13.7. The third-order valence-corrected chi connectivity index (χ3v) is 6.90. The van der Waals surface area contributed by atoms with Crippen LogP contribution in [0.4, 0.5) is 0 Å².